The number of rotatable bonds is 4. The molecule has 2 aromatic rings. The predicted molar refractivity (Wildman–Crippen MR) is 76.4 cm³/mol. The van der Waals surface area contributed by atoms with E-state index in [1.165, 1.54) is 33.1 Å². The molecule has 1 aromatic carbocycles. The van der Waals surface area contributed by atoms with E-state index in [1.807, 2.05) is 0 Å². The fraction of sp³-hybridized carbons (Fsp3) is 0.267. The SMILES string of the molecule is COc1cc(OC(C)=O)c2oc(=O)c([C@H](C)C(=O)O)cc2c1. The zero-order chi connectivity index (χ0) is 16.4. The molecule has 0 saturated carbocycles. The smallest absolute Gasteiger partial charge is 0.340 e. The first-order valence-electron chi connectivity index (χ1n) is 6.40. The number of ether oxygens (including phenoxy) is 2. The largest absolute Gasteiger partial charge is 0.497 e. The van der Waals surface area contributed by atoms with Crippen LogP contribution in [0.25, 0.3) is 11.0 Å². The number of fused-ring (bicyclic) bond motifs is 1. The van der Waals surface area contributed by atoms with E-state index in [0.29, 0.717) is 11.1 Å². The third-order valence-corrected chi connectivity index (χ3v) is 3.12. The quantitative estimate of drug-likeness (QED) is 0.523. The van der Waals surface area contributed by atoms with Crippen LogP contribution >= 0.6 is 0 Å². The molecule has 0 bridgehead atoms. The summed E-state index contributed by atoms with van der Waals surface area (Å²) in [4.78, 5) is 34.2. The van der Waals surface area contributed by atoms with E-state index in [-0.39, 0.29) is 16.9 Å². The van der Waals surface area contributed by atoms with E-state index in [0.717, 1.165) is 0 Å². The minimum Gasteiger partial charge on any atom is -0.497 e. The van der Waals surface area contributed by atoms with E-state index in [2.05, 4.69) is 0 Å². The van der Waals surface area contributed by atoms with Crippen LogP contribution in [0.3, 0.4) is 0 Å². The van der Waals surface area contributed by atoms with Gasteiger partial charge in [-0.2, -0.15) is 0 Å². The molecule has 0 fully saturated rings. The summed E-state index contributed by atoms with van der Waals surface area (Å²) >= 11 is 0. The van der Waals surface area contributed by atoms with Crippen molar-refractivity contribution in [3.8, 4) is 11.5 Å². The molecule has 1 atom stereocenters. The van der Waals surface area contributed by atoms with Crippen LogP contribution in [0.15, 0.2) is 27.4 Å². The standard InChI is InChI=1S/C15H14O7/c1-7(14(17)18)11-5-9-4-10(20-3)6-12(21-8(2)16)13(9)22-15(11)19/h4-7H,1-3H3,(H,17,18)/t7-/m0/s1. The summed E-state index contributed by atoms with van der Waals surface area (Å²) in [5.41, 5.74) is -0.731. The highest BCUT2D eigenvalue weighted by Crippen LogP contribution is 2.32. The lowest BCUT2D eigenvalue weighted by molar-refractivity contribution is -0.138. The summed E-state index contributed by atoms with van der Waals surface area (Å²) < 4.78 is 15.2. The van der Waals surface area contributed by atoms with Gasteiger partial charge in [-0.25, -0.2) is 4.79 Å². The predicted octanol–water partition coefficient (Wildman–Crippen LogP) is 1.92. The Kier molecular flexibility index (Phi) is 4.16. The number of hydrogen-bond acceptors (Lipinski definition) is 6. The van der Waals surface area contributed by atoms with Gasteiger partial charge in [0.25, 0.3) is 0 Å². The average molecular weight is 306 g/mol. The Balaban J connectivity index is 2.73. The second kappa shape index (κ2) is 5.88. The maximum atomic E-state index is 12.0. The molecule has 7 heteroatoms. The molecule has 1 heterocycles. The van der Waals surface area contributed by atoms with E-state index in [9.17, 15) is 14.4 Å². The van der Waals surface area contributed by atoms with Gasteiger partial charge in [0.05, 0.1) is 18.6 Å². The molecular weight excluding hydrogens is 292 g/mol. The third-order valence-electron chi connectivity index (χ3n) is 3.12. The molecule has 116 valence electrons. The normalized spacial score (nSPS) is 12.0. The lowest BCUT2D eigenvalue weighted by Gasteiger charge is -2.10. The molecule has 0 aliphatic rings. The van der Waals surface area contributed by atoms with Crippen molar-refractivity contribution in [2.45, 2.75) is 19.8 Å². The van der Waals surface area contributed by atoms with Crippen LogP contribution in [0.4, 0.5) is 0 Å². The Morgan fingerprint density at radius 3 is 2.50 bits per heavy atom. The van der Waals surface area contributed by atoms with Crippen LogP contribution < -0.4 is 15.1 Å². The van der Waals surface area contributed by atoms with Crippen LogP contribution in [0.5, 0.6) is 11.5 Å². The molecule has 0 spiro atoms. The highest BCUT2D eigenvalue weighted by atomic mass is 16.5. The lowest BCUT2D eigenvalue weighted by Crippen LogP contribution is -2.17. The molecule has 1 N–H and O–H groups in total. The summed E-state index contributed by atoms with van der Waals surface area (Å²) in [6.07, 6.45) is 0. The average Bonchev–Trinajstić information content (AvgIpc) is 2.45. The van der Waals surface area contributed by atoms with Gasteiger partial charge in [0.1, 0.15) is 5.75 Å². The van der Waals surface area contributed by atoms with Crippen LogP contribution in [-0.2, 0) is 9.59 Å². The molecule has 2 rings (SSSR count). The summed E-state index contributed by atoms with van der Waals surface area (Å²) in [7, 11) is 1.43. The first-order valence-corrected chi connectivity index (χ1v) is 6.40. The van der Waals surface area contributed by atoms with Crippen molar-refractivity contribution >= 4 is 22.9 Å². The monoisotopic (exact) mass is 306 g/mol. The Morgan fingerprint density at radius 2 is 1.95 bits per heavy atom. The van der Waals surface area contributed by atoms with Gasteiger partial charge in [-0.05, 0) is 19.1 Å². The van der Waals surface area contributed by atoms with Gasteiger partial charge >= 0.3 is 17.6 Å². The maximum Gasteiger partial charge on any atom is 0.340 e. The van der Waals surface area contributed by atoms with Crippen LogP contribution in [-0.4, -0.2) is 24.2 Å². The summed E-state index contributed by atoms with van der Waals surface area (Å²) in [6, 6.07) is 4.37. The number of carboxylic acid groups (broad SMARTS) is 1. The van der Waals surface area contributed by atoms with E-state index in [4.69, 9.17) is 19.0 Å². The highest BCUT2D eigenvalue weighted by Gasteiger charge is 2.21. The summed E-state index contributed by atoms with van der Waals surface area (Å²) in [5.74, 6) is -2.33. The summed E-state index contributed by atoms with van der Waals surface area (Å²) in [5, 5.41) is 9.43. The molecule has 0 aliphatic heterocycles. The number of hydrogen-bond donors (Lipinski definition) is 1. The van der Waals surface area contributed by atoms with Crippen molar-refractivity contribution in [3.63, 3.8) is 0 Å². The van der Waals surface area contributed by atoms with E-state index < -0.39 is 23.5 Å². The maximum absolute atomic E-state index is 12.0. The van der Waals surface area contributed by atoms with Crippen molar-refractivity contribution in [1.82, 2.24) is 0 Å². The Bertz CT molecular complexity index is 803. The number of aliphatic carboxylic acids is 1. The van der Waals surface area contributed by atoms with Gasteiger partial charge in [-0.1, -0.05) is 0 Å². The number of carboxylic acids is 1. The van der Waals surface area contributed by atoms with E-state index >= 15 is 0 Å². The first-order chi connectivity index (χ1) is 10.3. The van der Waals surface area contributed by atoms with Gasteiger partial charge in [0, 0.05) is 18.4 Å². The Hall–Kier alpha value is -2.83. The first kappa shape index (κ1) is 15.6. The fourth-order valence-corrected chi connectivity index (χ4v) is 1.98. The van der Waals surface area contributed by atoms with Crippen molar-refractivity contribution < 1.29 is 28.6 Å². The lowest BCUT2D eigenvalue weighted by atomic mass is 10.0. The molecule has 1 aromatic heterocycles. The highest BCUT2D eigenvalue weighted by molar-refractivity contribution is 5.88. The second-order valence-electron chi connectivity index (χ2n) is 4.69. The minimum absolute atomic E-state index is 0.00188. The minimum atomic E-state index is -1.14. The third kappa shape index (κ3) is 2.93. The number of carbonyl (C=O) groups is 2. The van der Waals surface area contributed by atoms with Crippen LogP contribution in [0.2, 0.25) is 0 Å². The number of methoxy groups -OCH3 is 1. The zero-order valence-corrected chi connectivity index (χ0v) is 12.2. The number of carbonyl (C=O) groups excluding carboxylic acids is 1. The number of benzene rings is 1. The van der Waals surface area contributed by atoms with Crippen molar-refractivity contribution in [1.29, 1.82) is 0 Å². The van der Waals surface area contributed by atoms with Crippen LogP contribution in [0.1, 0.15) is 25.3 Å². The summed E-state index contributed by atoms with van der Waals surface area (Å²) in [6.45, 7) is 2.60. The molecule has 0 unspecified atom stereocenters. The van der Waals surface area contributed by atoms with Gasteiger partial charge in [0.2, 0.25) is 0 Å². The van der Waals surface area contributed by atoms with Gasteiger partial charge < -0.3 is 19.0 Å². The van der Waals surface area contributed by atoms with Gasteiger partial charge in [-0.3, -0.25) is 9.59 Å². The topological polar surface area (TPSA) is 103 Å². The zero-order valence-electron chi connectivity index (χ0n) is 12.2. The van der Waals surface area contributed by atoms with Crippen LogP contribution in [0, 0.1) is 0 Å². The van der Waals surface area contributed by atoms with E-state index in [1.54, 1.807) is 6.07 Å². The molecule has 22 heavy (non-hydrogen) atoms. The molecule has 0 radical (unpaired) electrons. The van der Waals surface area contributed by atoms with Gasteiger partial charge in [-0.15, -0.1) is 0 Å². The Labute approximate surface area is 125 Å². The van der Waals surface area contributed by atoms with Crippen molar-refractivity contribution in [2.24, 2.45) is 0 Å². The molecule has 0 saturated heterocycles. The second-order valence-corrected chi connectivity index (χ2v) is 4.69. The Morgan fingerprint density at radius 1 is 1.27 bits per heavy atom. The van der Waals surface area contributed by atoms with Crippen molar-refractivity contribution in [2.75, 3.05) is 7.11 Å². The molecule has 7 nitrogen and oxygen atoms in total. The number of esters is 1. The molecular formula is C15H14O7. The van der Waals surface area contributed by atoms with Crippen molar-refractivity contribution in [3.05, 3.63) is 34.2 Å². The van der Waals surface area contributed by atoms with Gasteiger partial charge in [0.15, 0.2) is 11.3 Å². The molecule has 0 amide bonds. The fourth-order valence-electron chi connectivity index (χ4n) is 1.98. The molecule has 0 aliphatic carbocycles.